The van der Waals surface area contributed by atoms with E-state index in [0.717, 1.165) is 12.1 Å². The normalized spacial score (nSPS) is 21.1. The average molecular weight is 529 g/mol. The van der Waals surface area contributed by atoms with E-state index in [9.17, 15) is 26.4 Å². The molecule has 1 N–H and O–H groups in total. The molecule has 196 valence electrons. The molecule has 1 spiro atoms. The maximum atomic E-state index is 15.6. The van der Waals surface area contributed by atoms with E-state index in [1.54, 1.807) is 20.8 Å². The standard InChI is InChI=1S/C25H28F4N2O4S/c1-24(2,3)35-23(32)31-13-25(7-8-25)22(30-36(33,34)14-26)20(31)11-15-5-4-6-19(21(15)29)16-9-17(27)12-18(28)10-16/h4-6,9-10,12,20,22,30H,7-8,11,13-14H2,1-3H3/t20-,22+/m0/s1. The first kappa shape index (κ1) is 26.4. The highest BCUT2D eigenvalue weighted by Crippen LogP contribution is 2.56. The Kier molecular flexibility index (Phi) is 6.85. The summed E-state index contributed by atoms with van der Waals surface area (Å²) in [6.45, 7) is 5.23. The molecule has 1 heterocycles. The lowest BCUT2D eigenvalue weighted by molar-refractivity contribution is 0.0213. The van der Waals surface area contributed by atoms with E-state index >= 15 is 4.39 Å². The summed E-state index contributed by atoms with van der Waals surface area (Å²) in [5, 5.41) is 0. The van der Waals surface area contributed by atoms with Gasteiger partial charge in [-0.2, -0.15) is 0 Å². The van der Waals surface area contributed by atoms with Crippen LogP contribution in [-0.2, 0) is 21.2 Å². The van der Waals surface area contributed by atoms with E-state index in [0.29, 0.717) is 18.9 Å². The second-order valence-corrected chi connectivity index (χ2v) is 12.2. The molecule has 4 rings (SSSR count). The SMILES string of the molecule is CC(C)(C)OC(=O)N1CC2(CC2)[C@H](NS(=O)(=O)CF)[C@@H]1Cc1cccc(-c2cc(F)cc(F)c2)c1F. The summed E-state index contributed by atoms with van der Waals surface area (Å²) in [5.74, 6) is -2.48. The number of nitrogens with one attached hydrogen (secondary N) is 1. The second-order valence-electron chi connectivity index (χ2n) is 10.5. The molecule has 36 heavy (non-hydrogen) atoms. The van der Waals surface area contributed by atoms with E-state index in [4.69, 9.17) is 4.74 Å². The van der Waals surface area contributed by atoms with Crippen molar-refractivity contribution in [2.75, 3.05) is 12.6 Å². The number of ether oxygens (including phenoxy) is 1. The number of hydrogen-bond donors (Lipinski definition) is 1. The molecule has 1 aliphatic carbocycles. The van der Waals surface area contributed by atoms with Gasteiger partial charge in [-0.15, -0.1) is 0 Å². The van der Waals surface area contributed by atoms with Crippen molar-refractivity contribution in [3.63, 3.8) is 0 Å². The van der Waals surface area contributed by atoms with Crippen LogP contribution in [0, 0.1) is 22.9 Å². The van der Waals surface area contributed by atoms with Crippen LogP contribution < -0.4 is 4.72 Å². The Morgan fingerprint density at radius 3 is 2.33 bits per heavy atom. The minimum atomic E-state index is -4.29. The first-order valence-electron chi connectivity index (χ1n) is 11.5. The summed E-state index contributed by atoms with van der Waals surface area (Å²) in [6, 6.07) is 3.66. The molecule has 1 saturated carbocycles. The quantitative estimate of drug-likeness (QED) is 0.540. The van der Waals surface area contributed by atoms with Gasteiger partial charge in [0.25, 0.3) is 0 Å². The van der Waals surface area contributed by atoms with Gasteiger partial charge >= 0.3 is 6.09 Å². The Labute approximate surface area is 207 Å². The van der Waals surface area contributed by atoms with Crippen LogP contribution in [0.5, 0.6) is 0 Å². The van der Waals surface area contributed by atoms with Crippen LogP contribution in [0.25, 0.3) is 11.1 Å². The van der Waals surface area contributed by atoms with Crippen LogP contribution in [0.1, 0.15) is 39.2 Å². The van der Waals surface area contributed by atoms with E-state index in [1.165, 1.54) is 23.1 Å². The lowest BCUT2D eigenvalue weighted by Crippen LogP contribution is -2.50. The molecule has 0 unspecified atom stereocenters. The first-order chi connectivity index (χ1) is 16.7. The third kappa shape index (κ3) is 5.51. The highest BCUT2D eigenvalue weighted by molar-refractivity contribution is 7.89. The number of likely N-dealkylation sites (tertiary alicyclic amines) is 1. The third-order valence-electron chi connectivity index (χ3n) is 6.58. The van der Waals surface area contributed by atoms with Gasteiger partial charge in [0.2, 0.25) is 16.0 Å². The fourth-order valence-electron chi connectivity index (χ4n) is 4.84. The smallest absolute Gasteiger partial charge is 0.410 e. The molecule has 1 amide bonds. The van der Waals surface area contributed by atoms with E-state index in [2.05, 4.69) is 4.72 Å². The molecule has 11 heteroatoms. The van der Waals surface area contributed by atoms with Gasteiger partial charge in [0, 0.05) is 23.6 Å². The number of halogens is 4. The molecule has 0 bridgehead atoms. The van der Waals surface area contributed by atoms with Crippen LogP contribution in [0.4, 0.5) is 22.4 Å². The minimum Gasteiger partial charge on any atom is -0.444 e. The van der Waals surface area contributed by atoms with E-state index in [1.807, 2.05) is 0 Å². The molecular weight excluding hydrogens is 500 g/mol. The van der Waals surface area contributed by atoms with E-state index in [-0.39, 0.29) is 29.7 Å². The fraction of sp³-hybridized carbons (Fsp3) is 0.480. The highest BCUT2D eigenvalue weighted by Gasteiger charge is 2.62. The number of nitrogens with zero attached hydrogens (tertiary/aromatic N) is 1. The highest BCUT2D eigenvalue weighted by atomic mass is 32.2. The second kappa shape index (κ2) is 9.33. The molecule has 1 aliphatic heterocycles. The van der Waals surface area contributed by atoms with E-state index < -0.39 is 62.7 Å². The Morgan fingerprint density at radius 2 is 1.78 bits per heavy atom. The van der Waals surface area contributed by atoms with Crippen molar-refractivity contribution in [1.29, 1.82) is 0 Å². The summed E-state index contributed by atoms with van der Waals surface area (Å²) in [6.07, 6.45) is 0.392. The van der Waals surface area contributed by atoms with Gasteiger partial charge in [-0.3, -0.25) is 0 Å². The number of sulfonamides is 1. The number of alkyl halides is 1. The van der Waals surface area contributed by atoms with Gasteiger partial charge in [-0.25, -0.2) is 35.5 Å². The van der Waals surface area contributed by atoms with Crippen molar-refractivity contribution < 1.29 is 35.5 Å². The van der Waals surface area contributed by atoms with Crippen LogP contribution >= 0.6 is 0 Å². The predicted molar refractivity (Wildman–Crippen MR) is 126 cm³/mol. The van der Waals surface area contributed by atoms with Crippen molar-refractivity contribution in [2.24, 2.45) is 5.41 Å². The van der Waals surface area contributed by atoms with Crippen LogP contribution in [0.15, 0.2) is 36.4 Å². The lowest BCUT2D eigenvalue weighted by atomic mass is 9.91. The largest absolute Gasteiger partial charge is 0.444 e. The Bertz CT molecular complexity index is 1260. The number of carbonyl (C=O) groups excluding carboxylic acids is 1. The van der Waals surface area contributed by atoms with Crippen molar-refractivity contribution in [2.45, 2.75) is 57.7 Å². The molecule has 2 aromatic rings. The Morgan fingerprint density at radius 1 is 1.14 bits per heavy atom. The predicted octanol–water partition coefficient (Wildman–Crippen LogP) is 4.93. The average Bonchev–Trinajstić information content (AvgIpc) is 3.48. The molecule has 2 aliphatic rings. The topological polar surface area (TPSA) is 75.7 Å². The monoisotopic (exact) mass is 528 g/mol. The third-order valence-corrected chi connectivity index (χ3v) is 7.48. The van der Waals surface area contributed by atoms with Gasteiger partial charge in [0.15, 0.2) is 0 Å². The van der Waals surface area contributed by atoms with Gasteiger partial charge in [-0.1, -0.05) is 18.2 Å². The van der Waals surface area contributed by atoms with Gasteiger partial charge < -0.3 is 9.64 Å². The van der Waals surface area contributed by atoms with Crippen LogP contribution in [0.2, 0.25) is 0 Å². The molecule has 0 radical (unpaired) electrons. The van der Waals surface area contributed by atoms with Crippen molar-refractivity contribution in [3.05, 3.63) is 59.4 Å². The minimum absolute atomic E-state index is 0.00406. The molecule has 2 atom stereocenters. The summed E-state index contributed by atoms with van der Waals surface area (Å²) in [4.78, 5) is 14.5. The van der Waals surface area contributed by atoms with Crippen LogP contribution in [-0.4, -0.2) is 49.6 Å². The summed E-state index contributed by atoms with van der Waals surface area (Å²) in [7, 11) is -4.29. The van der Waals surface area contributed by atoms with Gasteiger partial charge in [0.05, 0.1) is 12.1 Å². The first-order valence-corrected chi connectivity index (χ1v) is 13.2. The molecular formula is C25H28F4N2O4S. The summed E-state index contributed by atoms with van der Waals surface area (Å²) in [5.41, 5.74) is -1.38. The van der Waals surface area contributed by atoms with Gasteiger partial charge in [0.1, 0.15) is 23.1 Å². The van der Waals surface area contributed by atoms with Crippen molar-refractivity contribution >= 4 is 16.1 Å². The molecule has 2 aromatic carbocycles. The fourth-order valence-corrected chi connectivity index (χ4v) is 5.70. The zero-order chi connectivity index (χ0) is 26.5. The van der Waals surface area contributed by atoms with Crippen molar-refractivity contribution in [1.82, 2.24) is 9.62 Å². The number of benzene rings is 2. The summed E-state index contributed by atoms with van der Waals surface area (Å²) >= 11 is 0. The summed E-state index contributed by atoms with van der Waals surface area (Å²) < 4.78 is 88.7. The number of hydrogen-bond acceptors (Lipinski definition) is 4. The Hall–Kier alpha value is -2.66. The number of amides is 1. The maximum absolute atomic E-state index is 15.6. The number of rotatable bonds is 6. The zero-order valence-corrected chi connectivity index (χ0v) is 21.0. The number of carbonyl (C=O) groups is 1. The molecule has 1 saturated heterocycles. The van der Waals surface area contributed by atoms with Crippen LogP contribution in [0.3, 0.4) is 0 Å². The lowest BCUT2D eigenvalue weighted by Gasteiger charge is -2.31. The zero-order valence-electron chi connectivity index (χ0n) is 20.2. The van der Waals surface area contributed by atoms with Crippen molar-refractivity contribution in [3.8, 4) is 11.1 Å². The molecule has 6 nitrogen and oxygen atoms in total. The van der Waals surface area contributed by atoms with Gasteiger partial charge in [-0.05, 0) is 63.3 Å². The molecule has 0 aromatic heterocycles. The maximum Gasteiger partial charge on any atom is 0.410 e. The molecule has 2 fully saturated rings. The Balaban J connectivity index is 1.73.